The first-order valence-electron chi connectivity index (χ1n) is 3.29. The zero-order valence-electron chi connectivity index (χ0n) is 8.16. The maximum absolute atomic E-state index is 10.6. The molecule has 0 unspecified atom stereocenters. The molecule has 0 fully saturated rings. The fourth-order valence-corrected chi connectivity index (χ4v) is 1.03. The summed E-state index contributed by atoms with van der Waals surface area (Å²) < 4.78 is 5.79. The molecule has 1 rings (SSSR count). The maximum Gasteiger partial charge on any atom is 1.00 e. The van der Waals surface area contributed by atoms with Gasteiger partial charge in [-0.05, 0) is 46.9 Å². The predicted octanol–water partition coefficient (Wildman–Crippen LogP) is -1.69. The predicted molar refractivity (Wildman–Crippen MR) is 53.0 cm³/mol. The smallest absolute Gasteiger partial charge is 1.00 e. The number of rotatable bonds is 2. The molecule has 0 bridgehead atoms. The van der Waals surface area contributed by atoms with Gasteiger partial charge in [0, 0.05) is 3.57 Å². The third kappa shape index (κ3) is 4.97. The summed E-state index contributed by atoms with van der Waals surface area (Å²) in [5, 5.41) is 8.37. The molecule has 0 saturated carbocycles. The van der Waals surface area contributed by atoms with Crippen LogP contribution in [0.3, 0.4) is 0 Å². The van der Waals surface area contributed by atoms with Crippen molar-refractivity contribution >= 4 is 28.6 Å². The van der Waals surface area contributed by atoms with E-state index in [1.165, 1.54) is 0 Å². The summed E-state index contributed by atoms with van der Waals surface area (Å²) in [6.07, 6.45) is 0. The fraction of sp³-hybridized carbons (Fsp3) is 0.125. The maximum atomic E-state index is 10.6. The van der Waals surface area contributed by atoms with E-state index < -0.39 is 12.6 Å². The molecule has 3 nitrogen and oxygen atoms in total. The molecule has 13 heavy (non-hydrogen) atoms. The number of esters is 1. The van der Waals surface area contributed by atoms with E-state index in [4.69, 9.17) is 9.84 Å². The number of ether oxygens (including phenoxy) is 1. The van der Waals surface area contributed by atoms with Crippen molar-refractivity contribution in [2.45, 2.75) is 0 Å². The van der Waals surface area contributed by atoms with Gasteiger partial charge in [-0.15, -0.1) is 0 Å². The molecule has 5 heteroatoms. The number of hydrogen-bond donors (Lipinski definition) is 1. The number of carbonyl (C=O) groups is 1. The minimum atomic E-state index is -0.642. The Morgan fingerprint density at radius 2 is 2.00 bits per heavy atom. The zero-order valence-corrected chi connectivity index (χ0v) is 11.3. The Labute approximate surface area is 113 Å². The summed E-state index contributed by atoms with van der Waals surface area (Å²) in [5.41, 5.74) is 0. The summed E-state index contributed by atoms with van der Waals surface area (Å²) in [5.74, 6) is -0.189. The van der Waals surface area contributed by atoms with Crippen LogP contribution in [-0.2, 0) is 4.79 Å². The molecule has 0 aliphatic rings. The van der Waals surface area contributed by atoms with Gasteiger partial charge in [0.15, 0.2) is 0 Å². The van der Waals surface area contributed by atoms with E-state index >= 15 is 0 Å². The van der Waals surface area contributed by atoms with Gasteiger partial charge in [0.1, 0.15) is 12.4 Å². The van der Waals surface area contributed by atoms with Crippen LogP contribution in [0.25, 0.3) is 0 Å². The Balaban J connectivity index is 0. The number of halogens is 1. The molecule has 0 saturated heterocycles. The van der Waals surface area contributed by atoms with Crippen molar-refractivity contribution in [3.63, 3.8) is 0 Å². The Hall–Kier alpha value is 0.380. The second kappa shape index (κ2) is 6.78. The Morgan fingerprint density at radius 1 is 1.46 bits per heavy atom. The molecular formula is C8H8INaO3. The second-order valence-corrected chi connectivity index (χ2v) is 3.33. The minimum absolute atomic E-state index is 0. The van der Waals surface area contributed by atoms with Crippen LogP contribution >= 0.6 is 22.6 Å². The van der Waals surface area contributed by atoms with Gasteiger partial charge in [0.05, 0.1) is 0 Å². The summed E-state index contributed by atoms with van der Waals surface area (Å²) in [7, 11) is 0. The molecule has 0 heterocycles. The van der Waals surface area contributed by atoms with Crippen molar-refractivity contribution in [3.8, 4) is 5.75 Å². The first kappa shape index (κ1) is 13.4. The molecule has 0 atom stereocenters. The van der Waals surface area contributed by atoms with Gasteiger partial charge in [-0.25, -0.2) is 4.79 Å². The molecule has 1 aromatic carbocycles. The van der Waals surface area contributed by atoms with Gasteiger partial charge in [0.2, 0.25) is 0 Å². The van der Waals surface area contributed by atoms with Gasteiger partial charge in [-0.1, -0.05) is 0 Å². The largest absolute Gasteiger partial charge is 1.00 e. The second-order valence-electron chi connectivity index (χ2n) is 2.09. The van der Waals surface area contributed by atoms with Crippen molar-refractivity contribution in [1.29, 1.82) is 0 Å². The summed E-state index contributed by atoms with van der Waals surface area (Å²) in [4.78, 5) is 10.6. The van der Waals surface area contributed by atoms with Crippen molar-refractivity contribution in [3.05, 3.63) is 27.8 Å². The molecule has 66 valence electrons. The van der Waals surface area contributed by atoms with Gasteiger partial charge in [-0.3, -0.25) is 0 Å². The van der Waals surface area contributed by atoms with Crippen molar-refractivity contribution in [2.75, 3.05) is 6.61 Å². The normalized spacial score (nSPS) is 8.77. The van der Waals surface area contributed by atoms with E-state index in [0.29, 0.717) is 5.75 Å². The number of hydrogen-bond acceptors (Lipinski definition) is 3. The molecule has 0 spiro atoms. The molecule has 0 radical (unpaired) electrons. The van der Waals surface area contributed by atoms with Gasteiger partial charge >= 0.3 is 35.5 Å². The molecule has 1 aromatic rings. The SMILES string of the molecule is O=C(CO)Oc1ccc(I)cc1.[H-].[Na+]. The van der Waals surface area contributed by atoms with Crippen molar-refractivity contribution in [1.82, 2.24) is 0 Å². The van der Waals surface area contributed by atoms with Gasteiger partial charge in [0.25, 0.3) is 0 Å². The van der Waals surface area contributed by atoms with E-state index in [1.807, 2.05) is 12.1 Å². The van der Waals surface area contributed by atoms with Crippen LogP contribution in [-0.4, -0.2) is 17.7 Å². The average Bonchev–Trinajstić information content (AvgIpc) is 2.09. The monoisotopic (exact) mass is 302 g/mol. The zero-order chi connectivity index (χ0) is 8.97. The quantitative estimate of drug-likeness (QED) is 0.307. The molecule has 0 aliphatic carbocycles. The van der Waals surface area contributed by atoms with Crippen LogP contribution in [0.2, 0.25) is 0 Å². The van der Waals surface area contributed by atoms with Crippen LogP contribution in [0, 0.1) is 3.57 Å². The summed E-state index contributed by atoms with van der Waals surface area (Å²) >= 11 is 2.15. The molecule has 0 aromatic heterocycles. The first-order valence-corrected chi connectivity index (χ1v) is 4.37. The topological polar surface area (TPSA) is 46.5 Å². The van der Waals surface area contributed by atoms with E-state index in [-0.39, 0.29) is 31.0 Å². The third-order valence-corrected chi connectivity index (χ3v) is 1.89. The van der Waals surface area contributed by atoms with Crippen molar-refractivity contribution in [2.24, 2.45) is 0 Å². The standard InChI is InChI=1S/C8H7IO3.Na.H/c9-6-1-3-7(4-2-6)12-8(11)5-10;;/h1-4,10H,5H2;;/q;+1;-1. The van der Waals surface area contributed by atoms with E-state index in [2.05, 4.69) is 22.6 Å². The average molecular weight is 302 g/mol. The Kier molecular flexibility index (Phi) is 6.98. The Morgan fingerprint density at radius 3 is 2.46 bits per heavy atom. The number of aliphatic hydroxyl groups is 1. The van der Waals surface area contributed by atoms with Crippen LogP contribution in [0.5, 0.6) is 5.75 Å². The van der Waals surface area contributed by atoms with Crippen molar-refractivity contribution < 1.29 is 45.6 Å². The molecule has 0 aliphatic heterocycles. The van der Waals surface area contributed by atoms with Gasteiger partial charge in [-0.2, -0.15) is 0 Å². The van der Waals surface area contributed by atoms with E-state index in [9.17, 15) is 4.79 Å². The summed E-state index contributed by atoms with van der Waals surface area (Å²) in [6, 6.07) is 6.99. The number of carbonyl (C=O) groups excluding carboxylic acids is 1. The number of benzene rings is 1. The number of aliphatic hydroxyl groups excluding tert-OH is 1. The Bertz CT molecular complexity index is 278. The molecular weight excluding hydrogens is 294 g/mol. The van der Waals surface area contributed by atoms with E-state index in [1.54, 1.807) is 12.1 Å². The van der Waals surface area contributed by atoms with E-state index in [0.717, 1.165) is 3.57 Å². The summed E-state index contributed by atoms with van der Waals surface area (Å²) in [6.45, 7) is -0.591. The van der Waals surface area contributed by atoms with Crippen LogP contribution in [0.1, 0.15) is 1.43 Å². The van der Waals surface area contributed by atoms with Gasteiger partial charge < -0.3 is 11.3 Å². The fourth-order valence-electron chi connectivity index (χ4n) is 0.666. The third-order valence-electron chi connectivity index (χ3n) is 1.17. The first-order chi connectivity index (χ1) is 5.72. The van der Waals surface area contributed by atoms with Crippen LogP contribution < -0.4 is 34.3 Å². The molecule has 1 N–H and O–H groups in total. The minimum Gasteiger partial charge on any atom is -1.00 e. The van der Waals surface area contributed by atoms with Crippen LogP contribution in [0.4, 0.5) is 0 Å². The van der Waals surface area contributed by atoms with Crippen LogP contribution in [0.15, 0.2) is 24.3 Å². The molecule has 0 amide bonds.